The van der Waals surface area contributed by atoms with Gasteiger partial charge in [-0.2, -0.15) is 5.10 Å². The van der Waals surface area contributed by atoms with Gasteiger partial charge in [0.25, 0.3) is 5.91 Å². The van der Waals surface area contributed by atoms with Crippen LogP contribution in [0, 0.1) is 0 Å². The van der Waals surface area contributed by atoms with Crippen LogP contribution < -0.4 is 10.2 Å². The molecule has 2 aromatic carbocycles. The molecule has 3 aromatic heterocycles. The monoisotopic (exact) mass is 593 g/mol. The first-order valence-corrected chi connectivity index (χ1v) is 14.7. The molecule has 0 bridgehead atoms. The highest BCUT2D eigenvalue weighted by molar-refractivity contribution is 7.13. The predicted molar refractivity (Wildman–Crippen MR) is 163 cm³/mol. The Morgan fingerprint density at radius 1 is 1.00 bits per heavy atom. The molecule has 1 N–H and O–H groups in total. The lowest BCUT2D eigenvalue weighted by molar-refractivity contribution is -0.118. The standard InChI is InChI=1S/C29H28ClN7OS.ClH/c30-23-15-20(19-6-8-21(9-7-19)35-11-2-1-3-12-35)16-24-22(23)17-37(34-24)27(28(38)33-29-31-10-14-39-29)26-25-5-4-13-36(25)18-32-26;/h6-10,14-18,27H,1-5,11-13H2,(H,31,33,38);1H. The van der Waals surface area contributed by atoms with E-state index in [1.807, 2.05) is 30.0 Å². The number of nitrogens with one attached hydrogen (secondary N) is 1. The SMILES string of the molecule is Cl.O=C(Nc1nccs1)C(c1ncn2c1CCC2)n1cc2c(Cl)cc(-c3ccc(N4CCCCC4)cc3)cc2n1. The highest BCUT2D eigenvalue weighted by Gasteiger charge is 2.32. The lowest BCUT2D eigenvalue weighted by Crippen LogP contribution is -2.29. The van der Waals surface area contributed by atoms with Crippen molar-refractivity contribution in [1.82, 2.24) is 24.3 Å². The van der Waals surface area contributed by atoms with Crippen molar-refractivity contribution in [1.29, 1.82) is 0 Å². The first-order chi connectivity index (χ1) is 19.1. The summed E-state index contributed by atoms with van der Waals surface area (Å²) in [7, 11) is 0. The van der Waals surface area contributed by atoms with E-state index < -0.39 is 6.04 Å². The molecular weight excluding hydrogens is 565 g/mol. The molecule has 7 rings (SSSR count). The van der Waals surface area contributed by atoms with Gasteiger partial charge < -0.3 is 9.47 Å². The second-order valence-corrected chi connectivity index (χ2v) is 11.5. The normalized spacial score (nSPS) is 15.6. The zero-order valence-electron chi connectivity index (χ0n) is 21.8. The summed E-state index contributed by atoms with van der Waals surface area (Å²) in [6, 6.07) is 12.0. The van der Waals surface area contributed by atoms with Gasteiger partial charge in [0.1, 0.15) is 0 Å². The van der Waals surface area contributed by atoms with Gasteiger partial charge in [-0.05, 0) is 67.5 Å². The van der Waals surface area contributed by atoms with Gasteiger partial charge in [0.05, 0.1) is 22.6 Å². The van der Waals surface area contributed by atoms with Crippen LogP contribution >= 0.6 is 35.3 Å². The third kappa shape index (κ3) is 4.98. The summed E-state index contributed by atoms with van der Waals surface area (Å²) in [5.41, 5.74) is 5.87. The highest BCUT2D eigenvalue weighted by atomic mass is 35.5. The van der Waals surface area contributed by atoms with Gasteiger partial charge in [0.2, 0.25) is 0 Å². The Labute approximate surface area is 247 Å². The number of imidazole rings is 1. The number of nitrogens with zero attached hydrogens (tertiary/aromatic N) is 6. The number of benzene rings is 2. The van der Waals surface area contributed by atoms with Crippen LogP contribution in [0.15, 0.2) is 60.5 Å². The molecule has 2 aliphatic heterocycles. The number of anilines is 2. The Morgan fingerprint density at radius 2 is 1.82 bits per heavy atom. The van der Waals surface area contributed by atoms with Crippen molar-refractivity contribution in [2.24, 2.45) is 0 Å². The van der Waals surface area contributed by atoms with Crippen LogP contribution in [0.25, 0.3) is 22.0 Å². The summed E-state index contributed by atoms with van der Waals surface area (Å²) in [4.78, 5) is 25.0. The molecule has 40 heavy (non-hydrogen) atoms. The van der Waals surface area contributed by atoms with Crippen molar-refractivity contribution in [3.8, 4) is 11.1 Å². The molecule has 0 radical (unpaired) electrons. The van der Waals surface area contributed by atoms with Crippen molar-refractivity contribution in [3.05, 3.63) is 76.9 Å². The maximum Gasteiger partial charge on any atom is 0.257 e. The van der Waals surface area contributed by atoms with Gasteiger partial charge >= 0.3 is 0 Å². The van der Waals surface area contributed by atoms with Crippen LogP contribution in [0.2, 0.25) is 5.02 Å². The molecule has 1 unspecified atom stereocenters. The zero-order chi connectivity index (χ0) is 26.3. The van der Waals surface area contributed by atoms with Crippen molar-refractivity contribution in [3.63, 3.8) is 0 Å². The summed E-state index contributed by atoms with van der Waals surface area (Å²) >= 11 is 8.19. The number of amides is 1. The summed E-state index contributed by atoms with van der Waals surface area (Å²) in [6.07, 6.45) is 11.1. The Bertz CT molecular complexity index is 1640. The number of aromatic nitrogens is 5. The predicted octanol–water partition coefficient (Wildman–Crippen LogP) is 6.60. The molecule has 11 heteroatoms. The van der Waals surface area contributed by atoms with Gasteiger partial charge in [-0.15, -0.1) is 23.7 Å². The van der Waals surface area contributed by atoms with Crippen LogP contribution in [0.4, 0.5) is 10.8 Å². The number of aryl methyl sites for hydroxylation is 1. The fourth-order valence-corrected chi connectivity index (χ4v) is 6.57. The number of piperidine rings is 1. The maximum absolute atomic E-state index is 13.6. The number of rotatable bonds is 6. The third-order valence-corrected chi connectivity index (χ3v) is 8.74. The van der Waals surface area contributed by atoms with Gasteiger partial charge in [-0.3, -0.25) is 14.8 Å². The molecule has 206 valence electrons. The Morgan fingerprint density at radius 3 is 2.60 bits per heavy atom. The topological polar surface area (TPSA) is 80.9 Å². The maximum atomic E-state index is 13.6. The van der Waals surface area contributed by atoms with E-state index in [9.17, 15) is 4.79 Å². The molecule has 0 aliphatic carbocycles. The van der Waals surface area contributed by atoms with Gasteiger partial charge in [-0.25, -0.2) is 9.97 Å². The smallest absolute Gasteiger partial charge is 0.257 e. The molecule has 8 nitrogen and oxygen atoms in total. The molecule has 1 amide bonds. The second-order valence-electron chi connectivity index (χ2n) is 10.2. The zero-order valence-corrected chi connectivity index (χ0v) is 24.2. The molecular formula is C29H29Cl2N7OS. The van der Waals surface area contributed by atoms with Crippen molar-refractivity contribution >= 4 is 63.0 Å². The van der Waals surface area contributed by atoms with E-state index in [1.54, 1.807) is 10.9 Å². The Balaban J connectivity index is 0.00000289. The van der Waals surface area contributed by atoms with E-state index in [2.05, 4.69) is 49.0 Å². The molecule has 1 atom stereocenters. The van der Waals surface area contributed by atoms with Crippen LogP contribution in [-0.4, -0.2) is 43.3 Å². The average molecular weight is 595 g/mol. The molecule has 0 saturated carbocycles. The van der Waals surface area contributed by atoms with Crippen LogP contribution in [-0.2, 0) is 17.8 Å². The highest BCUT2D eigenvalue weighted by Crippen LogP contribution is 2.34. The molecule has 5 aromatic rings. The number of carbonyl (C=O) groups is 1. The van der Waals surface area contributed by atoms with Gasteiger partial charge in [-0.1, -0.05) is 23.7 Å². The van der Waals surface area contributed by atoms with Gasteiger partial charge in [0.15, 0.2) is 11.2 Å². The van der Waals surface area contributed by atoms with Crippen LogP contribution in [0.5, 0.6) is 0 Å². The van der Waals surface area contributed by atoms with Gasteiger partial charge in [0, 0.05) is 54.2 Å². The fraction of sp³-hybridized carbons (Fsp3) is 0.310. The lowest BCUT2D eigenvalue weighted by atomic mass is 10.0. The first kappa shape index (κ1) is 26.8. The number of carbonyl (C=O) groups excluding carboxylic acids is 1. The summed E-state index contributed by atoms with van der Waals surface area (Å²) in [5.74, 6) is -0.226. The number of fused-ring (bicyclic) bond motifs is 2. The minimum absolute atomic E-state index is 0. The quantitative estimate of drug-likeness (QED) is 0.240. The van der Waals surface area contributed by atoms with Crippen molar-refractivity contribution < 1.29 is 4.79 Å². The van der Waals surface area contributed by atoms with E-state index in [0.717, 1.165) is 65.9 Å². The summed E-state index contributed by atoms with van der Waals surface area (Å²) in [6.45, 7) is 3.15. The molecule has 1 saturated heterocycles. The Kier molecular flexibility index (Phi) is 7.53. The fourth-order valence-electron chi connectivity index (χ4n) is 5.78. The molecule has 0 spiro atoms. The minimum Gasteiger partial charge on any atom is -0.372 e. The second kappa shape index (κ2) is 11.2. The number of hydrogen-bond donors (Lipinski definition) is 1. The minimum atomic E-state index is -0.737. The first-order valence-electron chi connectivity index (χ1n) is 13.4. The summed E-state index contributed by atoms with van der Waals surface area (Å²) < 4.78 is 3.82. The van der Waals surface area contributed by atoms with Crippen molar-refractivity contribution in [2.75, 3.05) is 23.3 Å². The van der Waals surface area contributed by atoms with Crippen LogP contribution in [0.3, 0.4) is 0 Å². The van der Waals surface area contributed by atoms with E-state index in [1.165, 1.54) is 36.3 Å². The Hall–Kier alpha value is -3.40. The molecule has 1 fully saturated rings. The number of hydrogen-bond acceptors (Lipinski definition) is 6. The number of thiazole rings is 1. The third-order valence-electron chi connectivity index (χ3n) is 7.74. The van der Waals surface area contributed by atoms with Crippen molar-refractivity contribution in [2.45, 2.75) is 44.7 Å². The number of halogens is 2. The average Bonchev–Trinajstić information content (AvgIpc) is 3.76. The van der Waals surface area contributed by atoms with E-state index in [-0.39, 0.29) is 18.3 Å². The van der Waals surface area contributed by atoms with E-state index >= 15 is 0 Å². The molecule has 5 heterocycles. The molecule has 2 aliphatic rings. The summed E-state index contributed by atoms with van der Waals surface area (Å²) in [5, 5.41) is 11.6. The van der Waals surface area contributed by atoms with Crippen LogP contribution in [0.1, 0.15) is 43.1 Å². The largest absolute Gasteiger partial charge is 0.372 e. The van der Waals surface area contributed by atoms with E-state index in [4.69, 9.17) is 16.7 Å². The van der Waals surface area contributed by atoms with E-state index in [0.29, 0.717) is 10.2 Å². The lowest BCUT2D eigenvalue weighted by Gasteiger charge is -2.28.